The van der Waals surface area contributed by atoms with Crippen molar-refractivity contribution < 1.29 is 18.0 Å². The van der Waals surface area contributed by atoms with Crippen LogP contribution in [0.25, 0.3) is 10.2 Å². The van der Waals surface area contributed by atoms with Gasteiger partial charge in [-0.25, -0.2) is 4.98 Å². The largest absolute Gasteiger partial charge is 0.416 e. The van der Waals surface area contributed by atoms with Gasteiger partial charge in [0.05, 0.1) is 22.3 Å². The van der Waals surface area contributed by atoms with Crippen molar-refractivity contribution in [3.63, 3.8) is 0 Å². The number of rotatable bonds is 4. The van der Waals surface area contributed by atoms with Gasteiger partial charge in [0.2, 0.25) is 5.91 Å². The number of halogens is 3. The molecule has 0 saturated heterocycles. The SMILES string of the molecule is O=C(NCc1nc2ccccc2s1)[C@H]1C[C@H]1c1ccccc1C(F)(F)F. The van der Waals surface area contributed by atoms with E-state index in [1.807, 2.05) is 24.3 Å². The molecule has 1 aromatic heterocycles. The molecule has 1 N–H and O–H groups in total. The van der Waals surface area contributed by atoms with E-state index in [-0.39, 0.29) is 17.4 Å². The second-order valence-electron chi connectivity index (χ2n) is 6.33. The van der Waals surface area contributed by atoms with Crippen LogP contribution in [0.5, 0.6) is 0 Å². The Morgan fingerprint density at radius 3 is 2.65 bits per heavy atom. The van der Waals surface area contributed by atoms with Crippen molar-refractivity contribution in [2.75, 3.05) is 0 Å². The standard InChI is InChI=1S/C19H15F3N2OS/c20-19(21,22)14-6-2-1-5-11(14)12-9-13(12)18(25)23-10-17-24-15-7-3-4-8-16(15)26-17/h1-8,12-13H,9-10H2,(H,23,25)/t12-,13-/m0/s1. The number of carbonyl (C=O) groups is 1. The summed E-state index contributed by atoms with van der Waals surface area (Å²) in [6, 6.07) is 13.2. The Labute approximate surface area is 151 Å². The molecule has 0 bridgehead atoms. The molecule has 1 heterocycles. The van der Waals surface area contributed by atoms with Crippen LogP contribution in [0.4, 0.5) is 13.2 Å². The van der Waals surface area contributed by atoms with E-state index in [0.29, 0.717) is 13.0 Å². The maximum atomic E-state index is 13.1. The molecule has 3 aromatic rings. The number of hydrogen-bond donors (Lipinski definition) is 1. The number of hydrogen-bond acceptors (Lipinski definition) is 3. The lowest BCUT2D eigenvalue weighted by Gasteiger charge is -2.12. The Balaban J connectivity index is 1.42. The molecular weight excluding hydrogens is 361 g/mol. The van der Waals surface area contributed by atoms with Gasteiger partial charge in [-0.2, -0.15) is 13.2 Å². The summed E-state index contributed by atoms with van der Waals surface area (Å²) < 4.78 is 40.4. The van der Waals surface area contributed by atoms with Crippen LogP contribution in [0.3, 0.4) is 0 Å². The first-order valence-electron chi connectivity index (χ1n) is 8.22. The first-order valence-corrected chi connectivity index (χ1v) is 9.03. The summed E-state index contributed by atoms with van der Waals surface area (Å²) in [4.78, 5) is 16.8. The first kappa shape index (κ1) is 17.0. The van der Waals surface area contributed by atoms with Crippen LogP contribution < -0.4 is 5.32 Å². The van der Waals surface area contributed by atoms with Gasteiger partial charge in [-0.05, 0) is 36.1 Å². The van der Waals surface area contributed by atoms with Crippen LogP contribution in [0, 0.1) is 5.92 Å². The van der Waals surface area contributed by atoms with Gasteiger partial charge < -0.3 is 5.32 Å². The van der Waals surface area contributed by atoms with Crippen molar-refractivity contribution in [2.24, 2.45) is 5.92 Å². The van der Waals surface area contributed by atoms with Gasteiger partial charge in [0.25, 0.3) is 0 Å². The van der Waals surface area contributed by atoms with Gasteiger partial charge in [0, 0.05) is 5.92 Å². The topological polar surface area (TPSA) is 42.0 Å². The summed E-state index contributed by atoms with van der Waals surface area (Å²) >= 11 is 1.50. The smallest absolute Gasteiger partial charge is 0.349 e. The molecule has 0 unspecified atom stereocenters. The number of nitrogens with zero attached hydrogens (tertiary/aromatic N) is 1. The van der Waals surface area contributed by atoms with Crippen LogP contribution in [0.2, 0.25) is 0 Å². The Morgan fingerprint density at radius 2 is 1.88 bits per heavy atom. The first-order chi connectivity index (χ1) is 12.4. The molecular formula is C19H15F3N2OS. The van der Waals surface area contributed by atoms with Crippen LogP contribution in [-0.4, -0.2) is 10.9 Å². The highest BCUT2D eigenvalue weighted by Crippen LogP contribution is 2.51. The average molecular weight is 376 g/mol. The number of alkyl halides is 3. The van der Waals surface area contributed by atoms with Crippen molar-refractivity contribution in [3.8, 4) is 0 Å². The summed E-state index contributed by atoms with van der Waals surface area (Å²) in [5, 5.41) is 3.59. The summed E-state index contributed by atoms with van der Waals surface area (Å²) in [5.41, 5.74) is 0.441. The molecule has 1 fully saturated rings. The molecule has 1 aliphatic carbocycles. The summed E-state index contributed by atoms with van der Waals surface area (Å²) in [6.45, 7) is 0.294. The molecule has 0 aliphatic heterocycles. The fraction of sp³-hybridized carbons (Fsp3) is 0.263. The van der Waals surface area contributed by atoms with Crippen molar-refractivity contribution >= 4 is 27.5 Å². The monoisotopic (exact) mass is 376 g/mol. The van der Waals surface area contributed by atoms with E-state index in [0.717, 1.165) is 21.3 Å². The number of benzene rings is 2. The number of thiazole rings is 1. The van der Waals surface area contributed by atoms with Gasteiger partial charge in [0.1, 0.15) is 5.01 Å². The average Bonchev–Trinajstić information content (AvgIpc) is 3.31. The van der Waals surface area contributed by atoms with Gasteiger partial charge in [-0.15, -0.1) is 11.3 Å². The molecule has 4 rings (SSSR count). The Morgan fingerprint density at radius 1 is 1.15 bits per heavy atom. The second-order valence-corrected chi connectivity index (χ2v) is 7.44. The van der Waals surface area contributed by atoms with Gasteiger partial charge in [-0.1, -0.05) is 30.3 Å². The third kappa shape index (κ3) is 3.31. The van der Waals surface area contributed by atoms with E-state index in [1.54, 1.807) is 6.07 Å². The van der Waals surface area contributed by atoms with Crippen LogP contribution >= 0.6 is 11.3 Å². The molecule has 26 heavy (non-hydrogen) atoms. The summed E-state index contributed by atoms with van der Waals surface area (Å²) in [7, 11) is 0. The number of para-hydroxylation sites is 1. The molecule has 1 saturated carbocycles. The summed E-state index contributed by atoms with van der Waals surface area (Å²) in [5.74, 6) is -0.998. The van der Waals surface area contributed by atoms with E-state index in [1.165, 1.54) is 23.5 Å². The molecule has 3 nitrogen and oxygen atoms in total. The maximum absolute atomic E-state index is 13.1. The molecule has 0 radical (unpaired) electrons. The van der Waals surface area contributed by atoms with Crippen LogP contribution in [0.1, 0.15) is 28.5 Å². The zero-order chi connectivity index (χ0) is 18.3. The Bertz CT molecular complexity index is 934. The van der Waals surface area contributed by atoms with E-state index < -0.39 is 17.7 Å². The third-order valence-corrected chi connectivity index (χ3v) is 5.58. The van der Waals surface area contributed by atoms with E-state index >= 15 is 0 Å². The quantitative estimate of drug-likeness (QED) is 0.715. The summed E-state index contributed by atoms with van der Waals surface area (Å²) in [6.07, 6.45) is -3.96. The van der Waals surface area contributed by atoms with Crippen molar-refractivity contribution in [1.82, 2.24) is 10.3 Å². The second kappa shape index (κ2) is 6.39. The number of fused-ring (bicyclic) bond motifs is 1. The number of carbonyl (C=O) groups excluding carboxylic acids is 1. The van der Waals surface area contributed by atoms with Crippen molar-refractivity contribution in [1.29, 1.82) is 0 Å². The molecule has 0 spiro atoms. The minimum atomic E-state index is -4.40. The lowest BCUT2D eigenvalue weighted by atomic mass is 10.0. The van der Waals surface area contributed by atoms with Gasteiger partial charge >= 0.3 is 6.18 Å². The number of aromatic nitrogens is 1. The predicted octanol–water partition coefficient (Wildman–Crippen LogP) is 4.74. The molecule has 7 heteroatoms. The molecule has 1 aliphatic rings. The fourth-order valence-electron chi connectivity index (χ4n) is 3.20. The number of amides is 1. The lowest BCUT2D eigenvalue weighted by Crippen LogP contribution is -2.25. The van der Waals surface area contributed by atoms with E-state index in [4.69, 9.17) is 0 Å². The van der Waals surface area contributed by atoms with E-state index in [2.05, 4.69) is 10.3 Å². The fourth-order valence-corrected chi connectivity index (χ4v) is 4.10. The highest BCUT2D eigenvalue weighted by atomic mass is 32.1. The van der Waals surface area contributed by atoms with Crippen molar-refractivity contribution in [2.45, 2.75) is 25.1 Å². The van der Waals surface area contributed by atoms with Crippen molar-refractivity contribution in [3.05, 3.63) is 64.7 Å². The minimum Gasteiger partial charge on any atom is -0.349 e. The zero-order valence-electron chi connectivity index (χ0n) is 13.6. The van der Waals surface area contributed by atoms with Crippen LogP contribution in [0.15, 0.2) is 48.5 Å². The normalized spacial score (nSPS) is 19.5. The maximum Gasteiger partial charge on any atom is 0.416 e. The molecule has 2 aromatic carbocycles. The minimum absolute atomic E-state index is 0.208. The molecule has 134 valence electrons. The Kier molecular flexibility index (Phi) is 4.19. The highest BCUT2D eigenvalue weighted by Gasteiger charge is 2.47. The predicted molar refractivity (Wildman–Crippen MR) is 93.8 cm³/mol. The number of nitrogens with one attached hydrogen (secondary N) is 1. The van der Waals surface area contributed by atoms with Gasteiger partial charge in [-0.3, -0.25) is 4.79 Å². The molecule has 1 amide bonds. The Hall–Kier alpha value is -2.41. The third-order valence-electron chi connectivity index (χ3n) is 4.54. The zero-order valence-corrected chi connectivity index (χ0v) is 14.4. The van der Waals surface area contributed by atoms with Crippen LogP contribution in [-0.2, 0) is 17.5 Å². The molecule has 2 atom stereocenters. The highest BCUT2D eigenvalue weighted by molar-refractivity contribution is 7.18. The van der Waals surface area contributed by atoms with Gasteiger partial charge in [0.15, 0.2) is 0 Å². The van der Waals surface area contributed by atoms with E-state index in [9.17, 15) is 18.0 Å². The lowest BCUT2D eigenvalue weighted by molar-refractivity contribution is -0.138.